The molecule has 2 aromatic heterocycles. The third-order valence-electron chi connectivity index (χ3n) is 3.77. The molecule has 0 saturated carbocycles. The first kappa shape index (κ1) is 15.1. The molecule has 7 nitrogen and oxygen atoms in total. The van der Waals surface area contributed by atoms with E-state index in [2.05, 4.69) is 15.1 Å². The van der Waals surface area contributed by atoms with Gasteiger partial charge >= 0.3 is 5.69 Å². The Balaban J connectivity index is 2.42. The van der Waals surface area contributed by atoms with Crippen LogP contribution in [0.2, 0.25) is 0 Å². The number of hydrogen-bond donors (Lipinski definition) is 1. The van der Waals surface area contributed by atoms with Gasteiger partial charge in [-0.15, -0.1) is 0 Å². The Hall–Kier alpha value is -2.83. The van der Waals surface area contributed by atoms with E-state index in [-0.39, 0.29) is 5.69 Å². The molecule has 0 spiro atoms. The summed E-state index contributed by atoms with van der Waals surface area (Å²) in [4.78, 5) is 19.2. The van der Waals surface area contributed by atoms with Crippen LogP contribution in [0.1, 0.15) is 17.1 Å². The second-order valence-electron chi connectivity index (χ2n) is 5.34. The van der Waals surface area contributed by atoms with Gasteiger partial charge < -0.3 is 9.47 Å². The Morgan fingerprint density at radius 3 is 2.48 bits per heavy atom. The number of benzene rings is 1. The van der Waals surface area contributed by atoms with Crippen molar-refractivity contribution in [3.8, 4) is 22.6 Å². The maximum Gasteiger partial charge on any atom is 0.349 e. The molecule has 0 unspecified atom stereocenters. The zero-order valence-corrected chi connectivity index (χ0v) is 13.7. The number of aryl methyl sites for hydroxylation is 3. The average molecular weight is 314 g/mol. The number of rotatable bonds is 3. The molecule has 0 radical (unpaired) electrons. The standard InChI is InChI=1S/C16H18N4O3/c1-8-6-11(22-4)7-12(23-5)13(8)14-9(2)19-20-15(14)17-10(3)18-16(20)21/h6-7H,1-5H3,(H,17,18,21). The molecule has 2 heterocycles. The maximum atomic E-state index is 12.1. The second kappa shape index (κ2) is 5.42. The molecule has 0 aliphatic rings. The lowest BCUT2D eigenvalue weighted by Gasteiger charge is -2.13. The van der Waals surface area contributed by atoms with E-state index in [4.69, 9.17) is 9.47 Å². The molecule has 3 aromatic rings. The van der Waals surface area contributed by atoms with Crippen molar-refractivity contribution in [2.75, 3.05) is 14.2 Å². The zero-order chi connectivity index (χ0) is 16.7. The number of hydrogen-bond acceptors (Lipinski definition) is 5. The van der Waals surface area contributed by atoms with E-state index in [0.29, 0.717) is 28.7 Å². The minimum Gasteiger partial charge on any atom is -0.497 e. The molecule has 7 heteroatoms. The van der Waals surface area contributed by atoms with E-state index < -0.39 is 0 Å². The summed E-state index contributed by atoms with van der Waals surface area (Å²) < 4.78 is 12.1. The monoisotopic (exact) mass is 314 g/mol. The topological polar surface area (TPSA) is 81.5 Å². The van der Waals surface area contributed by atoms with Crippen molar-refractivity contribution in [2.24, 2.45) is 0 Å². The molecular weight excluding hydrogens is 296 g/mol. The Kier molecular flexibility index (Phi) is 3.55. The van der Waals surface area contributed by atoms with E-state index >= 15 is 0 Å². The highest BCUT2D eigenvalue weighted by atomic mass is 16.5. The van der Waals surface area contributed by atoms with E-state index in [0.717, 1.165) is 16.7 Å². The van der Waals surface area contributed by atoms with Crippen LogP contribution >= 0.6 is 0 Å². The van der Waals surface area contributed by atoms with Crippen molar-refractivity contribution in [1.29, 1.82) is 0 Å². The summed E-state index contributed by atoms with van der Waals surface area (Å²) in [6, 6.07) is 3.73. The minimum atomic E-state index is -0.313. The normalized spacial score (nSPS) is 11.0. The lowest BCUT2D eigenvalue weighted by Crippen LogP contribution is -2.19. The van der Waals surface area contributed by atoms with Gasteiger partial charge in [-0.1, -0.05) is 0 Å². The highest BCUT2D eigenvalue weighted by Gasteiger charge is 2.21. The number of methoxy groups -OCH3 is 2. The van der Waals surface area contributed by atoms with Crippen LogP contribution in [0.4, 0.5) is 0 Å². The molecule has 1 N–H and O–H groups in total. The van der Waals surface area contributed by atoms with Crippen LogP contribution < -0.4 is 15.2 Å². The van der Waals surface area contributed by atoms with Crippen molar-refractivity contribution in [2.45, 2.75) is 20.8 Å². The second-order valence-corrected chi connectivity index (χ2v) is 5.34. The molecule has 0 bridgehead atoms. The molecular formula is C16H18N4O3. The number of fused-ring (bicyclic) bond motifs is 1. The van der Waals surface area contributed by atoms with E-state index in [1.807, 2.05) is 26.0 Å². The van der Waals surface area contributed by atoms with Gasteiger partial charge in [-0.05, 0) is 32.4 Å². The van der Waals surface area contributed by atoms with Crippen LogP contribution in [0.5, 0.6) is 11.5 Å². The molecule has 0 aliphatic heterocycles. The smallest absolute Gasteiger partial charge is 0.349 e. The molecule has 120 valence electrons. The molecule has 0 fully saturated rings. The van der Waals surface area contributed by atoms with Crippen LogP contribution in [0.25, 0.3) is 16.8 Å². The van der Waals surface area contributed by atoms with Gasteiger partial charge in [0, 0.05) is 11.6 Å². The SMILES string of the molecule is COc1cc(C)c(-c2c(C)nn3c(=O)[nH]c(C)nc23)c(OC)c1. The third-order valence-corrected chi connectivity index (χ3v) is 3.77. The summed E-state index contributed by atoms with van der Waals surface area (Å²) >= 11 is 0. The first-order valence-electron chi connectivity index (χ1n) is 7.15. The van der Waals surface area contributed by atoms with Gasteiger partial charge in [0.1, 0.15) is 17.3 Å². The number of nitrogens with one attached hydrogen (secondary N) is 1. The van der Waals surface area contributed by atoms with Gasteiger partial charge in [-0.3, -0.25) is 4.98 Å². The molecule has 0 amide bonds. The highest BCUT2D eigenvalue weighted by Crippen LogP contribution is 2.39. The van der Waals surface area contributed by atoms with Crippen LogP contribution in [0.3, 0.4) is 0 Å². The molecule has 0 saturated heterocycles. The van der Waals surface area contributed by atoms with Crippen molar-refractivity contribution >= 4 is 5.65 Å². The van der Waals surface area contributed by atoms with E-state index in [1.165, 1.54) is 4.52 Å². The Bertz CT molecular complexity index is 956. The Morgan fingerprint density at radius 2 is 1.83 bits per heavy atom. The first-order valence-corrected chi connectivity index (χ1v) is 7.15. The molecule has 3 rings (SSSR count). The number of H-pyrrole nitrogens is 1. The summed E-state index contributed by atoms with van der Waals surface area (Å²) in [6.45, 7) is 5.55. The number of ether oxygens (including phenoxy) is 2. The predicted octanol–water partition coefficient (Wildman–Crippen LogP) is 2.03. The van der Waals surface area contributed by atoms with Crippen molar-refractivity contribution in [1.82, 2.24) is 19.6 Å². The van der Waals surface area contributed by atoms with E-state index in [1.54, 1.807) is 21.1 Å². The summed E-state index contributed by atoms with van der Waals surface area (Å²) in [7, 11) is 3.21. The summed E-state index contributed by atoms with van der Waals surface area (Å²) in [6.07, 6.45) is 0. The fraction of sp³-hybridized carbons (Fsp3) is 0.312. The Morgan fingerprint density at radius 1 is 1.09 bits per heavy atom. The van der Waals surface area contributed by atoms with Gasteiger partial charge in [-0.25, -0.2) is 9.78 Å². The molecule has 1 aromatic carbocycles. The predicted molar refractivity (Wildman–Crippen MR) is 86.4 cm³/mol. The maximum absolute atomic E-state index is 12.1. The van der Waals surface area contributed by atoms with Crippen LogP contribution in [0.15, 0.2) is 16.9 Å². The minimum absolute atomic E-state index is 0.313. The average Bonchev–Trinajstić information content (AvgIpc) is 2.83. The summed E-state index contributed by atoms with van der Waals surface area (Å²) in [5, 5.41) is 4.31. The van der Waals surface area contributed by atoms with Crippen LogP contribution in [-0.2, 0) is 0 Å². The van der Waals surface area contributed by atoms with Gasteiger partial charge in [-0.2, -0.15) is 9.61 Å². The zero-order valence-electron chi connectivity index (χ0n) is 13.7. The lowest BCUT2D eigenvalue weighted by atomic mass is 9.99. The van der Waals surface area contributed by atoms with Crippen LogP contribution in [0, 0.1) is 20.8 Å². The first-order chi connectivity index (χ1) is 11.0. The number of aromatic amines is 1. The fourth-order valence-electron chi connectivity index (χ4n) is 2.77. The van der Waals surface area contributed by atoms with Crippen molar-refractivity contribution in [3.63, 3.8) is 0 Å². The quantitative estimate of drug-likeness (QED) is 0.800. The van der Waals surface area contributed by atoms with Crippen molar-refractivity contribution < 1.29 is 9.47 Å². The largest absolute Gasteiger partial charge is 0.497 e. The van der Waals surface area contributed by atoms with E-state index in [9.17, 15) is 4.79 Å². The van der Waals surface area contributed by atoms with Crippen molar-refractivity contribution in [3.05, 3.63) is 39.7 Å². The highest BCUT2D eigenvalue weighted by molar-refractivity contribution is 5.86. The van der Waals surface area contributed by atoms with Gasteiger partial charge in [0.15, 0.2) is 5.65 Å². The number of nitrogens with zero attached hydrogens (tertiary/aromatic N) is 3. The Labute approximate surface area is 132 Å². The van der Waals surface area contributed by atoms with Gasteiger partial charge in [0.05, 0.1) is 25.5 Å². The third kappa shape index (κ3) is 2.34. The molecule has 23 heavy (non-hydrogen) atoms. The fourth-order valence-corrected chi connectivity index (χ4v) is 2.77. The molecule has 0 aliphatic carbocycles. The van der Waals surface area contributed by atoms with Gasteiger partial charge in [0.25, 0.3) is 0 Å². The van der Waals surface area contributed by atoms with Gasteiger partial charge in [0.2, 0.25) is 0 Å². The van der Waals surface area contributed by atoms with Crippen LogP contribution in [-0.4, -0.2) is 33.8 Å². The summed E-state index contributed by atoms with van der Waals surface area (Å²) in [5.74, 6) is 1.90. The number of aromatic nitrogens is 4. The summed E-state index contributed by atoms with van der Waals surface area (Å²) in [5.41, 5.74) is 3.51. The molecule has 0 atom stereocenters. The lowest BCUT2D eigenvalue weighted by molar-refractivity contribution is 0.395.